The summed E-state index contributed by atoms with van der Waals surface area (Å²) in [5.41, 5.74) is 17.3. The quantitative estimate of drug-likeness (QED) is 0.179. The van der Waals surface area contributed by atoms with E-state index in [1.54, 1.807) is 0 Å². The molecule has 2 aliphatic carbocycles. The Hall–Kier alpha value is -7.40. The van der Waals surface area contributed by atoms with Crippen LogP contribution in [0.5, 0.6) is 0 Å². The SMILES string of the molecule is C1=Cc2ccc(-c3ccc4c(c3)c3nc(-c5ccccc5)ccc3n4-c3ccccn3)cc2C2(c3ccccc31)c1ccccc1-c1cc3c(cc12)sc1ccccc13. The zero-order valence-electron chi connectivity index (χ0n) is 31.8. The van der Waals surface area contributed by atoms with E-state index in [1.807, 2.05) is 35.7 Å². The predicted molar refractivity (Wildman–Crippen MR) is 246 cm³/mol. The maximum atomic E-state index is 5.35. The number of nitrogens with zero attached hydrogens (tertiary/aromatic N) is 3. The fraction of sp³-hybridized carbons (Fsp3) is 0.0182. The Morgan fingerprint density at radius 3 is 2.08 bits per heavy atom. The number of thiophene rings is 1. The first-order valence-corrected chi connectivity index (χ1v) is 21.0. The standard InChI is InChI=1S/C55H33N3S/c1-2-13-36(14-3-1)48-26-28-50-54(57-48)43-30-37(25-27-49(43)58(50)53-20-10-11-29-56-53)38-24-23-35-22-21-34-12-4-7-17-44(34)55(46(35)31-38)45-18-8-5-15-39(45)41-32-42-40-16-6-9-19-51(40)59-52(42)33-47(41)55/h1-33H. The van der Waals surface area contributed by atoms with Gasteiger partial charge in [0.2, 0.25) is 0 Å². The molecule has 0 saturated carbocycles. The molecule has 0 radical (unpaired) electrons. The average molecular weight is 768 g/mol. The Bertz CT molecular complexity index is 3560. The Morgan fingerprint density at radius 1 is 0.441 bits per heavy atom. The molecule has 4 aromatic heterocycles. The molecule has 2 aliphatic rings. The summed E-state index contributed by atoms with van der Waals surface area (Å²) in [7, 11) is 0. The molecule has 0 aliphatic heterocycles. The Balaban J connectivity index is 1.08. The smallest absolute Gasteiger partial charge is 0.137 e. The van der Waals surface area contributed by atoms with Crippen LogP contribution in [0.3, 0.4) is 0 Å². The molecule has 3 nitrogen and oxygen atoms in total. The van der Waals surface area contributed by atoms with E-state index in [0.717, 1.165) is 44.6 Å². The molecule has 4 heterocycles. The molecule has 274 valence electrons. The molecule has 4 heteroatoms. The molecule has 0 N–H and O–H groups in total. The lowest BCUT2D eigenvalue weighted by Gasteiger charge is -2.35. The molecular formula is C55H33N3S. The van der Waals surface area contributed by atoms with Crippen LogP contribution in [-0.4, -0.2) is 14.5 Å². The Kier molecular flexibility index (Phi) is 6.81. The summed E-state index contributed by atoms with van der Waals surface area (Å²) >= 11 is 1.90. The zero-order valence-corrected chi connectivity index (χ0v) is 32.6. The lowest BCUT2D eigenvalue weighted by molar-refractivity contribution is 0.768. The van der Waals surface area contributed by atoms with E-state index < -0.39 is 5.41 Å². The number of hydrogen-bond acceptors (Lipinski definition) is 3. The van der Waals surface area contributed by atoms with Gasteiger partial charge in [-0.05, 0) is 116 Å². The van der Waals surface area contributed by atoms with Gasteiger partial charge in [-0.25, -0.2) is 9.97 Å². The average Bonchev–Trinajstić information content (AvgIpc) is 3.89. The van der Waals surface area contributed by atoms with Crippen molar-refractivity contribution in [2.24, 2.45) is 0 Å². The summed E-state index contributed by atoms with van der Waals surface area (Å²) in [6.07, 6.45) is 6.50. The van der Waals surface area contributed by atoms with Crippen LogP contribution >= 0.6 is 11.3 Å². The second-order valence-electron chi connectivity index (χ2n) is 15.7. The lowest BCUT2D eigenvalue weighted by atomic mass is 9.65. The molecule has 0 bridgehead atoms. The number of rotatable bonds is 3. The maximum absolute atomic E-state index is 5.35. The van der Waals surface area contributed by atoms with Gasteiger partial charge in [0.1, 0.15) is 5.82 Å². The van der Waals surface area contributed by atoms with E-state index in [2.05, 4.69) is 181 Å². The van der Waals surface area contributed by atoms with Crippen LogP contribution in [0.15, 0.2) is 188 Å². The summed E-state index contributed by atoms with van der Waals surface area (Å²) in [5, 5.41) is 3.75. The first-order valence-electron chi connectivity index (χ1n) is 20.1. The number of benzene rings is 7. The van der Waals surface area contributed by atoms with Gasteiger partial charge in [-0.3, -0.25) is 4.57 Å². The minimum absolute atomic E-state index is 0.535. The van der Waals surface area contributed by atoms with E-state index >= 15 is 0 Å². The summed E-state index contributed by atoms with van der Waals surface area (Å²) in [6, 6.07) is 66.8. The van der Waals surface area contributed by atoms with Gasteiger partial charge in [-0.1, -0.05) is 133 Å². The van der Waals surface area contributed by atoms with E-state index in [1.165, 1.54) is 70.2 Å². The molecule has 59 heavy (non-hydrogen) atoms. The second kappa shape index (κ2) is 12.3. The Morgan fingerprint density at radius 2 is 1.19 bits per heavy atom. The van der Waals surface area contributed by atoms with Crippen molar-refractivity contribution in [2.75, 3.05) is 0 Å². The monoisotopic (exact) mass is 767 g/mol. The van der Waals surface area contributed by atoms with Gasteiger partial charge in [0, 0.05) is 37.3 Å². The highest BCUT2D eigenvalue weighted by Gasteiger charge is 2.48. The molecular weight excluding hydrogens is 735 g/mol. The Labute approximate surface area is 344 Å². The van der Waals surface area contributed by atoms with Gasteiger partial charge < -0.3 is 0 Å². The maximum Gasteiger partial charge on any atom is 0.137 e. The molecule has 0 saturated heterocycles. The number of hydrogen-bond donors (Lipinski definition) is 0. The van der Waals surface area contributed by atoms with Crippen LogP contribution in [0.2, 0.25) is 0 Å². The van der Waals surface area contributed by atoms with Gasteiger partial charge in [-0.2, -0.15) is 0 Å². The van der Waals surface area contributed by atoms with Crippen molar-refractivity contribution in [3.8, 4) is 39.3 Å². The first-order chi connectivity index (χ1) is 29.2. The van der Waals surface area contributed by atoms with Crippen LogP contribution in [-0.2, 0) is 5.41 Å². The highest BCUT2D eigenvalue weighted by molar-refractivity contribution is 7.25. The minimum atomic E-state index is -0.535. The van der Waals surface area contributed by atoms with Crippen molar-refractivity contribution < 1.29 is 0 Å². The lowest BCUT2D eigenvalue weighted by Crippen LogP contribution is -2.30. The van der Waals surface area contributed by atoms with E-state index in [4.69, 9.17) is 9.97 Å². The summed E-state index contributed by atoms with van der Waals surface area (Å²) in [6.45, 7) is 0. The third-order valence-corrected chi connectivity index (χ3v) is 13.8. The molecule has 13 rings (SSSR count). The zero-order chi connectivity index (χ0) is 38.7. The van der Waals surface area contributed by atoms with Crippen molar-refractivity contribution >= 4 is 65.6 Å². The third kappa shape index (κ3) is 4.58. The van der Waals surface area contributed by atoms with Crippen molar-refractivity contribution in [3.63, 3.8) is 0 Å². The van der Waals surface area contributed by atoms with Crippen LogP contribution in [0, 0.1) is 0 Å². The topological polar surface area (TPSA) is 30.7 Å². The third-order valence-electron chi connectivity index (χ3n) is 12.7. The summed E-state index contributed by atoms with van der Waals surface area (Å²) in [5.74, 6) is 0.873. The van der Waals surface area contributed by atoms with Gasteiger partial charge >= 0.3 is 0 Å². The van der Waals surface area contributed by atoms with Gasteiger partial charge in [-0.15, -0.1) is 11.3 Å². The number of aromatic nitrogens is 3. The molecule has 11 aromatic rings. The normalized spacial score (nSPS) is 15.1. The van der Waals surface area contributed by atoms with Crippen molar-refractivity contribution in [1.29, 1.82) is 0 Å². The summed E-state index contributed by atoms with van der Waals surface area (Å²) < 4.78 is 4.89. The second-order valence-corrected chi connectivity index (χ2v) is 16.8. The van der Waals surface area contributed by atoms with Gasteiger partial charge in [0.05, 0.1) is 27.7 Å². The fourth-order valence-electron chi connectivity index (χ4n) is 10.2. The molecule has 0 fully saturated rings. The number of pyridine rings is 2. The van der Waals surface area contributed by atoms with E-state index in [9.17, 15) is 0 Å². The number of fused-ring (bicyclic) bond motifs is 15. The minimum Gasteiger partial charge on any atom is -0.292 e. The molecule has 1 spiro atoms. The van der Waals surface area contributed by atoms with Crippen molar-refractivity contribution in [1.82, 2.24) is 14.5 Å². The van der Waals surface area contributed by atoms with Gasteiger partial charge in [0.15, 0.2) is 0 Å². The van der Waals surface area contributed by atoms with E-state index in [0.29, 0.717) is 0 Å². The van der Waals surface area contributed by atoms with Crippen LogP contribution in [0.1, 0.15) is 33.4 Å². The van der Waals surface area contributed by atoms with Crippen molar-refractivity contribution in [3.05, 3.63) is 222 Å². The van der Waals surface area contributed by atoms with Crippen LogP contribution in [0.4, 0.5) is 0 Å². The summed E-state index contributed by atoms with van der Waals surface area (Å²) in [4.78, 5) is 10.2. The first kappa shape index (κ1) is 32.7. The largest absolute Gasteiger partial charge is 0.292 e. The molecule has 1 unspecified atom stereocenters. The van der Waals surface area contributed by atoms with Gasteiger partial charge in [0.25, 0.3) is 0 Å². The molecule has 0 amide bonds. The van der Waals surface area contributed by atoms with Crippen LogP contribution < -0.4 is 0 Å². The predicted octanol–water partition coefficient (Wildman–Crippen LogP) is 14.1. The highest BCUT2D eigenvalue weighted by atomic mass is 32.1. The highest BCUT2D eigenvalue weighted by Crippen LogP contribution is 2.60. The van der Waals surface area contributed by atoms with E-state index in [-0.39, 0.29) is 0 Å². The van der Waals surface area contributed by atoms with Crippen LogP contribution in [0.25, 0.3) is 93.6 Å². The van der Waals surface area contributed by atoms with Crippen molar-refractivity contribution in [2.45, 2.75) is 5.41 Å². The fourth-order valence-corrected chi connectivity index (χ4v) is 11.3. The molecule has 1 atom stereocenters. The molecule has 7 aromatic carbocycles.